The highest BCUT2D eigenvalue weighted by Gasteiger charge is 2.23. The zero-order valence-corrected chi connectivity index (χ0v) is 18.4. The molecule has 3 aromatic rings. The number of nitrogens with two attached hydrogens (primary N) is 1. The lowest BCUT2D eigenvalue weighted by Crippen LogP contribution is -2.38. The first-order chi connectivity index (χ1) is 16.4. The Bertz CT molecular complexity index is 1190. The summed E-state index contributed by atoms with van der Waals surface area (Å²) in [4.78, 5) is 37.3. The maximum atomic E-state index is 12.7. The maximum absolute atomic E-state index is 12.7. The van der Waals surface area contributed by atoms with Crippen LogP contribution in [-0.2, 0) is 4.79 Å². The minimum atomic E-state index is -0.516. The standard InChI is InChI=1S/C25H25N5O4/c26-24(31)17-12-14-29(15-13-17)21-9-7-20(8-10-21)28-25(32)18-6-11-22(23(16-18)30(33)34)27-19-4-2-1-3-5-19/h1-11,16-17,27H,12-15H2,(H2,26,31)(H,28,32). The summed E-state index contributed by atoms with van der Waals surface area (Å²) in [5.41, 5.74) is 7.98. The summed E-state index contributed by atoms with van der Waals surface area (Å²) in [5.74, 6) is -0.764. The van der Waals surface area contributed by atoms with Crippen molar-refractivity contribution in [2.75, 3.05) is 28.6 Å². The molecule has 3 aromatic carbocycles. The average molecular weight is 460 g/mol. The van der Waals surface area contributed by atoms with Crippen LogP contribution in [-0.4, -0.2) is 29.8 Å². The lowest BCUT2D eigenvalue weighted by atomic mass is 9.96. The Labute approximate surface area is 196 Å². The quantitative estimate of drug-likeness (QED) is 0.357. The molecule has 0 saturated carbocycles. The Morgan fingerprint density at radius 3 is 2.24 bits per heavy atom. The van der Waals surface area contributed by atoms with E-state index < -0.39 is 10.8 Å². The van der Waals surface area contributed by atoms with Crippen LogP contribution in [0.5, 0.6) is 0 Å². The third-order valence-electron chi connectivity index (χ3n) is 5.90. The van der Waals surface area contributed by atoms with Crippen molar-refractivity contribution in [3.05, 3.63) is 88.5 Å². The van der Waals surface area contributed by atoms with E-state index in [9.17, 15) is 19.7 Å². The van der Waals surface area contributed by atoms with Crippen LogP contribution in [0.25, 0.3) is 0 Å². The number of amides is 2. The molecule has 0 spiro atoms. The van der Waals surface area contributed by atoms with Gasteiger partial charge in [-0.1, -0.05) is 18.2 Å². The predicted molar refractivity (Wildman–Crippen MR) is 131 cm³/mol. The summed E-state index contributed by atoms with van der Waals surface area (Å²) >= 11 is 0. The number of para-hydroxylation sites is 1. The Morgan fingerprint density at radius 2 is 1.62 bits per heavy atom. The van der Waals surface area contributed by atoms with Crippen molar-refractivity contribution >= 4 is 40.3 Å². The molecule has 9 nitrogen and oxygen atoms in total. The topological polar surface area (TPSA) is 131 Å². The molecule has 0 aromatic heterocycles. The van der Waals surface area contributed by atoms with Gasteiger partial charge >= 0.3 is 0 Å². The molecule has 4 rings (SSSR count). The molecule has 1 fully saturated rings. The minimum absolute atomic E-state index is 0.0758. The number of hydrogen-bond donors (Lipinski definition) is 3. The molecular formula is C25H25N5O4. The van der Waals surface area contributed by atoms with Crippen LogP contribution in [0.4, 0.5) is 28.4 Å². The van der Waals surface area contributed by atoms with Crippen LogP contribution in [0.2, 0.25) is 0 Å². The number of benzene rings is 3. The second-order valence-corrected chi connectivity index (χ2v) is 8.14. The number of carbonyl (C=O) groups is 2. The first-order valence-corrected chi connectivity index (χ1v) is 11.0. The average Bonchev–Trinajstić information content (AvgIpc) is 2.85. The number of carbonyl (C=O) groups excluding carboxylic acids is 2. The molecule has 4 N–H and O–H groups in total. The molecule has 1 aliphatic rings. The first kappa shape index (κ1) is 22.8. The molecule has 9 heteroatoms. The highest BCUT2D eigenvalue weighted by Crippen LogP contribution is 2.29. The number of hydrogen-bond acceptors (Lipinski definition) is 6. The van der Waals surface area contributed by atoms with Crippen molar-refractivity contribution in [3.63, 3.8) is 0 Å². The second-order valence-electron chi connectivity index (χ2n) is 8.14. The largest absolute Gasteiger partial charge is 0.371 e. The summed E-state index contributed by atoms with van der Waals surface area (Å²) in [6.07, 6.45) is 1.45. The van der Waals surface area contributed by atoms with E-state index in [0.717, 1.165) is 31.6 Å². The number of nitrogens with zero attached hydrogens (tertiary/aromatic N) is 2. The van der Waals surface area contributed by atoms with Crippen molar-refractivity contribution < 1.29 is 14.5 Å². The van der Waals surface area contributed by atoms with Crippen molar-refractivity contribution in [1.29, 1.82) is 0 Å². The zero-order valence-electron chi connectivity index (χ0n) is 18.4. The molecule has 174 valence electrons. The Morgan fingerprint density at radius 1 is 0.941 bits per heavy atom. The first-order valence-electron chi connectivity index (χ1n) is 11.0. The van der Waals surface area contributed by atoms with Crippen LogP contribution in [0.1, 0.15) is 23.2 Å². The van der Waals surface area contributed by atoms with Crippen molar-refractivity contribution in [2.45, 2.75) is 12.8 Å². The third kappa shape index (κ3) is 5.32. The number of nitrogens with one attached hydrogen (secondary N) is 2. The van der Waals surface area contributed by atoms with Crippen LogP contribution in [0, 0.1) is 16.0 Å². The van der Waals surface area contributed by atoms with Gasteiger partial charge in [-0.25, -0.2) is 0 Å². The molecule has 0 atom stereocenters. The van der Waals surface area contributed by atoms with Gasteiger partial charge in [0.1, 0.15) is 5.69 Å². The summed E-state index contributed by atoms with van der Waals surface area (Å²) in [7, 11) is 0. The summed E-state index contributed by atoms with van der Waals surface area (Å²) < 4.78 is 0. The van der Waals surface area contributed by atoms with E-state index in [1.54, 1.807) is 30.3 Å². The van der Waals surface area contributed by atoms with Gasteiger partial charge in [-0.2, -0.15) is 0 Å². The number of nitro groups is 1. The maximum Gasteiger partial charge on any atom is 0.293 e. The molecular weight excluding hydrogens is 434 g/mol. The van der Waals surface area contributed by atoms with Crippen LogP contribution >= 0.6 is 0 Å². The van der Waals surface area contributed by atoms with Crippen molar-refractivity contribution in [3.8, 4) is 0 Å². The number of rotatable bonds is 7. The SMILES string of the molecule is NC(=O)C1CCN(c2ccc(NC(=O)c3ccc(Nc4ccccc4)c([N+](=O)[O-])c3)cc2)CC1. The third-order valence-corrected chi connectivity index (χ3v) is 5.90. The van der Waals surface area contributed by atoms with Gasteiger partial charge in [0.25, 0.3) is 11.6 Å². The molecule has 1 aliphatic heterocycles. The smallest absolute Gasteiger partial charge is 0.293 e. The Hall–Kier alpha value is -4.40. The fourth-order valence-corrected chi connectivity index (χ4v) is 3.99. The number of anilines is 4. The number of primary amides is 1. The van der Waals surface area contributed by atoms with Crippen LogP contribution < -0.4 is 21.3 Å². The van der Waals surface area contributed by atoms with E-state index in [4.69, 9.17) is 5.73 Å². The predicted octanol–water partition coefficient (Wildman–Crippen LogP) is 4.29. The van der Waals surface area contributed by atoms with Crippen molar-refractivity contribution in [1.82, 2.24) is 0 Å². The Kier molecular flexibility index (Phi) is 6.72. The lowest BCUT2D eigenvalue weighted by molar-refractivity contribution is -0.383. The molecule has 0 aliphatic carbocycles. The fraction of sp³-hybridized carbons (Fsp3) is 0.200. The van der Waals surface area contributed by atoms with E-state index in [1.807, 2.05) is 30.3 Å². The van der Waals surface area contributed by atoms with E-state index >= 15 is 0 Å². The van der Waals surface area contributed by atoms with Gasteiger partial charge in [0.15, 0.2) is 0 Å². The van der Waals surface area contributed by atoms with Crippen LogP contribution in [0.3, 0.4) is 0 Å². The molecule has 0 unspecified atom stereocenters. The molecule has 1 saturated heterocycles. The van der Waals surface area contributed by atoms with Gasteiger partial charge in [-0.05, 0) is 61.4 Å². The van der Waals surface area contributed by atoms with Gasteiger partial charge in [0, 0.05) is 47.7 Å². The lowest BCUT2D eigenvalue weighted by Gasteiger charge is -2.32. The zero-order chi connectivity index (χ0) is 24.1. The van der Waals surface area contributed by atoms with E-state index in [0.29, 0.717) is 17.1 Å². The Balaban J connectivity index is 1.42. The van der Waals surface area contributed by atoms with Gasteiger partial charge in [-0.3, -0.25) is 19.7 Å². The number of nitro benzene ring substituents is 1. The molecule has 0 bridgehead atoms. The summed E-state index contributed by atoms with van der Waals surface area (Å²) in [6.45, 7) is 1.48. The molecule has 2 amide bonds. The van der Waals surface area contributed by atoms with Gasteiger partial charge < -0.3 is 21.3 Å². The summed E-state index contributed by atoms with van der Waals surface area (Å²) in [5, 5.41) is 17.4. The normalized spacial score (nSPS) is 13.8. The highest BCUT2D eigenvalue weighted by atomic mass is 16.6. The van der Waals surface area contributed by atoms with Gasteiger partial charge in [0.05, 0.1) is 4.92 Å². The van der Waals surface area contributed by atoms with E-state index in [2.05, 4.69) is 15.5 Å². The van der Waals surface area contributed by atoms with Crippen LogP contribution in [0.15, 0.2) is 72.8 Å². The molecule has 0 radical (unpaired) electrons. The highest BCUT2D eigenvalue weighted by molar-refractivity contribution is 6.05. The fourth-order valence-electron chi connectivity index (χ4n) is 3.99. The van der Waals surface area contributed by atoms with Crippen molar-refractivity contribution in [2.24, 2.45) is 11.7 Å². The van der Waals surface area contributed by atoms with E-state index in [1.165, 1.54) is 12.1 Å². The van der Waals surface area contributed by atoms with Gasteiger partial charge in [0.2, 0.25) is 5.91 Å². The van der Waals surface area contributed by atoms with E-state index in [-0.39, 0.29) is 23.1 Å². The molecule has 34 heavy (non-hydrogen) atoms. The second kappa shape index (κ2) is 10.0. The minimum Gasteiger partial charge on any atom is -0.371 e. The number of piperidine rings is 1. The monoisotopic (exact) mass is 459 g/mol. The van der Waals surface area contributed by atoms with Gasteiger partial charge in [-0.15, -0.1) is 0 Å². The summed E-state index contributed by atoms with van der Waals surface area (Å²) in [6, 6.07) is 20.8. The molecule has 1 heterocycles.